The highest BCUT2D eigenvalue weighted by molar-refractivity contribution is 9.10. The number of halogens is 1. The molecule has 1 aromatic heterocycles. The molecular weight excluding hydrogens is 352 g/mol. The Morgan fingerprint density at radius 2 is 1.90 bits per heavy atom. The Bertz CT molecular complexity index is 945. The average molecular weight is 365 g/mol. The fourth-order valence-corrected chi connectivity index (χ4v) is 3.12. The number of aromatic amines is 1. The van der Waals surface area contributed by atoms with E-state index in [0.717, 1.165) is 26.9 Å². The van der Waals surface area contributed by atoms with Gasteiger partial charge in [0.2, 0.25) is 0 Å². The Kier molecular flexibility index (Phi) is 3.37. The van der Waals surface area contributed by atoms with E-state index in [1.54, 1.807) is 18.2 Å². The van der Waals surface area contributed by atoms with Gasteiger partial charge in [0.25, 0.3) is 0 Å². The second kappa shape index (κ2) is 4.96. The second-order valence-electron chi connectivity index (χ2n) is 5.00. The summed E-state index contributed by atoms with van der Waals surface area (Å²) < 4.78 is 24.2. The van der Waals surface area contributed by atoms with Crippen molar-refractivity contribution < 1.29 is 8.42 Å². The lowest BCUT2D eigenvalue weighted by Crippen LogP contribution is -1.96. The third-order valence-corrected chi connectivity index (χ3v) is 5.29. The Hall–Kier alpha value is -1.66. The standard InChI is InChI=1S/C15H13BrN2O2S/c1-9-3-4-10(7-12(9)16)15-17-13-6-5-11(21(2,19)20)8-14(13)18-15/h3-8H,1-2H3,(H,17,18). The zero-order valence-electron chi connectivity index (χ0n) is 11.5. The molecular formula is C15H13BrN2O2S. The molecule has 0 spiro atoms. The minimum absolute atomic E-state index is 0.287. The van der Waals surface area contributed by atoms with Crippen LogP contribution in [-0.4, -0.2) is 24.6 Å². The van der Waals surface area contributed by atoms with E-state index >= 15 is 0 Å². The Morgan fingerprint density at radius 1 is 1.14 bits per heavy atom. The summed E-state index contributed by atoms with van der Waals surface area (Å²) in [5.41, 5.74) is 3.55. The lowest BCUT2D eigenvalue weighted by atomic mass is 10.1. The fraction of sp³-hybridized carbons (Fsp3) is 0.133. The van der Waals surface area contributed by atoms with Crippen molar-refractivity contribution in [3.63, 3.8) is 0 Å². The predicted molar refractivity (Wildman–Crippen MR) is 87.1 cm³/mol. The van der Waals surface area contributed by atoms with Crippen molar-refractivity contribution >= 4 is 36.8 Å². The molecule has 1 heterocycles. The molecule has 1 N–H and O–H groups in total. The molecule has 108 valence electrons. The number of hydrogen-bond donors (Lipinski definition) is 1. The minimum atomic E-state index is -3.22. The van der Waals surface area contributed by atoms with E-state index in [9.17, 15) is 8.42 Å². The number of nitrogens with one attached hydrogen (secondary N) is 1. The van der Waals surface area contributed by atoms with Gasteiger partial charge < -0.3 is 4.98 Å². The van der Waals surface area contributed by atoms with Crippen molar-refractivity contribution in [2.45, 2.75) is 11.8 Å². The third kappa shape index (κ3) is 2.73. The van der Waals surface area contributed by atoms with Crippen molar-refractivity contribution in [1.29, 1.82) is 0 Å². The number of aryl methyl sites for hydroxylation is 1. The Morgan fingerprint density at radius 3 is 2.57 bits per heavy atom. The zero-order valence-corrected chi connectivity index (χ0v) is 13.9. The van der Waals surface area contributed by atoms with Gasteiger partial charge in [-0.25, -0.2) is 13.4 Å². The number of benzene rings is 2. The van der Waals surface area contributed by atoms with Gasteiger partial charge in [-0.15, -0.1) is 0 Å². The molecule has 0 fully saturated rings. The van der Waals surface area contributed by atoms with Crippen LogP contribution in [0.25, 0.3) is 22.4 Å². The monoisotopic (exact) mass is 364 g/mol. The fourth-order valence-electron chi connectivity index (χ4n) is 2.10. The van der Waals surface area contributed by atoms with Crippen molar-refractivity contribution in [3.05, 3.63) is 46.4 Å². The van der Waals surface area contributed by atoms with Crippen LogP contribution in [-0.2, 0) is 9.84 Å². The van der Waals surface area contributed by atoms with Gasteiger partial charge in [0.15, 0.2) is 9.84 Å². The molecule has 0 unspecified atom stereocenters. The molecule has 21 heavy (non-hydrogen) atoms. The Balaban J connectivity index is 2.14. The number of rotatable bonds is 2. The van der Waals surface area contributed by atoms with Gasteiger partial charge in [-0.3, -0.25) is 0 Å². The molecule has 0 saturated carbocycles. The molecule has 2 aromatic carbocycles. The van der Waals surface area contributed by atoms with Gasteiger partial charge >= 0.3 is 0 Å². The maximum atomic E-state index is 11.6. The van der Waals surface area contributed by atoms with Crippen LogP contribution in [0.15, 0.2) is 45.8 Å². The van der Waals surface area contributed by atoms with E-state index in [1.807, 2.05) is 25.1 Å². The molecule has 0 aliphatic carbocycles. The molecule has 3 rings (SSSR count). The van der Waals surface area contributed by atoms with Crippen LogP contribution in [0.3, 0.4) is 0 Å². The highest BCUT2D eigenvalue weighted by Gasteiger charge is 2.11. The number of sulfone groups is 1. The quantitative estimate of drug-likeness (QED) is 0.753. The predicted octanol–water partition coefficient (Wildman–Crippen LogP) is 3.70. The summed E-state index contributed by atoms with van der Waals surface area (Å²) in [7, 11) is -3.22. The zero-order chi connectivity index (χ0) is 15.2. The summed E-state index contributed by atoms with van der Waals surface area (Å²) in [6.45, 7) is 2.02. The van der Waals surface area contributed by atoms with Crippen molar-refractivity contribution in [3.8, 4) is 11.4 Å². The first-order chi connectivity index (χ1) is 9.84. The summed E-state index contributed by atoms with van der Waals surface area (Å²) in [5.74, 6) is 0.719. The number of nitrogens with zero attached hydrogens (tertiary/aromatic N) is 1. The maximum absolute atomic E-state index is 11.6. The number of fused-ring (bicyclic) bond motifs is 1. The van der Waals surface area contributed by atoms with Crippen molar-refractivity contribution in [2.75, 3.05) is 6.26 Å². The molecule has 0 saturated heterocycles. The van der Waals surface area contributed by atoms with E-state index < -0.39 is 9.84 Å². The average Bonchev–Trinajstić information content (AvgIpc) is 2.83. The smallest absolute Gasteiger partial charge is 0.175 e. The van der Waals surface area contributed by atoms with Crippen LogP contribution in [0.2, 0.25) is 0 Å². The van der Waals surface area contributed by atoms with E-state index in [4.69, 9.17) is 0 Å². The van der Waals surface area contributed by atoms with Crippen LogP contribution in [0.1, 0.15) is 5.56 Å². The van der Waals surface area contributed by atoms with E-state index in [1.165, 1.54) is 6.26 Å². The maximum Gasteiger partial charge on any atom is 0.175 e. The summed E-state index contributed by atoms with van der Waals surface area (Å²) in [4.78, 5) is 7.97. The van der Waals surface area contributed by atoms with Crippen molar-refractivity contribution in [1.82, 2.24) is 9.97 Å². The molecule has 0 aliphatic rings. The lowest BCUT2D eigenvalue weighted by molar-refractivity contribution is 0.602. The largest absolute Gasteiger partial charge is 0.338 e. The van der Waals surface area contributed by atoms with Crippen LogP contribution in [0.4, 0.5) is 0 Å². The number of hydrogen-bond acceptors (Lipinski definition) is 3. The van der Waals surface area contributed by atoms with Crippen LogP contribution < -0.4 is 0 Å². The molecule has 0 bridgehead atoms. The third-order valence-electron chi connectivity index (χ3n) is 3.33. The first-order valence-electron chi connectivity index (χ1n) is 6.31. The van der Waals surface area contributed by atoms with Gasteiger partial charge in [0.1, 0.15) is 5.82 Å². The lowest BCUT2D eigenvalue weighted by Gasteiger charge is -2.00. The van der Waals surface area contributed by atoms with Crippen molar-refractivity contribution in [2.24, 2.45) is 0 Å². The van der Waals surface area contributed by atoms with Gasteiger partial charge in [-0.05, 0) is 36.8 Å². The number of H-pyrrole nitrogens is 1. The van der Waals surface area contributed by atoms with E-state index in [-0.39, 0.29) is 4.90 Å². The summed E-state index contributed by atoms with van der Waals surface area (Å²) in [6.07, 6.45) is 1.20. The summed E-state index contributed by atoms with van der Waals surface area (Å²) in [6, 6.07) is 10.9. The SMILES string of the molecule is Cc1ccc(-c2nc3ccc(S(C)(=O)=O)cc3[nH]2)cc1Br. The van der Waals surface area contributed by atoms with Gasteiger partial charge in [-0.1, -0.05) is 28.1 Å². The van der Waals surface area contributed by atoms with E-state index in [2.05, 4.69) is 25.9 Å². The van der Waals surface area contributed by atoms with Gasteiger partial charge in [0.05, 0.1) is 15.9 Å². The highest BCUT2D eigenvalue weighted by atomic mass is 79.9. The van der Waals surface area contributed by atoms with E-state index in [0.29, 0.717) is 5.52 Å². The highest BCUT2D eigenvalue weighted by Crippen LogP contribution is 2.26. The molecule has 0 atom stereocenters. The minimum Gasteiger partial charge on any atom is -0.338 e. The topological polar surface area (TPSA) is 62.8 Å². The normalized spacial score (nSPS) is 12.0. The first kappa shape index (κ1) is 14.3. The Labute approximate surface area is 131 Å². The van der Waals surface area contributed by atoms with Gasteiger partial charge in [0, 0.05) is 16.3 Å². The van der Waals surface area contributed by atoms with Crippen LogP contribution >= 0.6 is 15.9 Å². The molecule has 3 aromatic rings. The van der Waals surface area contributed by atoms with Crippen LogP contribution in [0, 0.1) is 6.92 Å². The number of imidazole rings is 1. The summed E-state index contributed by atoms with van der Waals surface area (Å²) >= 11 is 3.50. The molecule has 6 heteroatoms. The number of aromatic nitrogens is 2. The molecule has 0 radical (unpaired) electrons. The van der Waals surface area contributed by atoms with Crippen LogP contribution in [0.5, 0.6) is 0 Å². The molecule has 0 aliphatic heterocycles. The summed E-state index contributed by atoms with van der Waals surface area (Å²) in [5, 5.41) is 0. The second-order valence-corrected chi connectivity index (χ2v) is 7.87. The van der Waals surface area contributed by atoms with Gasteiger partial charge in [-0.2, -0.15) is 0 Å². The molecule has 4 nitrogen and oxygen atoms in total. The first-order valence-corrected chi connectivity index (χ1v) is 8.99. The molecule has 0 amide bonds.